The fourth-order valence-electron chi connectivity index (χ4n) is 3.69. The first kappa shape index (κ1) is 20.1. The zero-order valence-corrected chi connectivity index (χ0v) is 16.8. The van der Waals surface area contributed by atoms with Crippen molar-refractivity contribution in [3.8, 4) is 0 Å². The molecule has 2 aromatic carbocycles. The van der Waals surface area contributed by atoms with Crippen LogP contribution in [0.2, 0.25) is 0 Å². The van der Waals surface area contributed by atoms with E-state index in [-0.39, 0.29) is 11.8 Å². The molecule has 28 heavy (non-hydrogen) atoms. The summed E-state index contributed by atoms with van der Waals surface area (Å²) in [7, 11) is 0. The first-order valence-electron chi connectivity index (χ1n) is 10.2. The first-order chi connectivity index (χ1) is 13.6. The highest BCUT2D eigenvalue weighted by Gasteiger charge is 2.22. The van der Waals surface area contributed by atoms with Gasteiger partial charge in [0.2, 0.25) is 5.91 Å². The van der Waals surface area contributed by atoms with Crippen LogP contribution in [-0.4, -0.2) is 31.4 Å². The number of anilines is 1. The molecule has 2 aromatic rings. The molecule has 0 aromatic heterocycles. The topological polar surface area (TPSA) is 53.9 Å². The number of amides is 2. The number of rotatable bonds is 8. The molecule has 0 unspecified atom stereocenters. The number of quaternary nitrogens is 1. The van der Waals surface area contributed by atoms with E-state index < -0.39 is 0 Å². The summed E-state index contributed by atoms with van der Waals surface area (Å²) < 4.78 is 0. The van der Waals surface area contributed by atoms with Crippen molar-refractivity contribution in [3.05, 3.63) is 65.2 Å². The van der Waals surface area contributed by atoms with Gasteiger partial charge in [0, 0.05) is 36.3 Å². The van der Waals surface area contributed by atoms with Gasteiger partial charge in [0.1, 0.15) is 6.54 Å². The first-order valence-corrected chi connectivity index (χ1v) is 10.2. The van der Waals surface area contributed by atoms with Crippen LogP contribution in [0.15, 0.2) is 48.5 Å². The van der Waals surface area contributed by atoms with E-state index in [0.717, 1.165) is 43.9 Å². The summed E-state index contributed by atoms with van der Waals surface area (Å²) in [5, 5.41) is 3.04. The predicted octanol–water partition coefficient (Wildman–Crippen LogP) is 2.17. The summed E-state index contributed by atoms with van der Waals surface area (Å²) in [4.78, 5) is 27.9. The van der Waals surface area contributed by atoms with Crippen LogP contribution in [0, 0.1) is 0 Å². The maximum Gasteiger partial charge on any atom is 0.251 e. The van der Waals surface area contributed by atoms with E-state index in [4.69, 9.17) is 0 Å². The molecule has 1 heterocycles. The third kappa shape index (κ3) is 4.78. The van der Waals surface area contributed by atoms with Crippen LogP contribution in [0.3, 0.4) is 0 Å². The third-order valence-corrected chi connectivity index (χ3v) is 5.49. The second-order valence-electron chi connectivity index (χ2n) is 7.28. The highest BCUT2D eigenvalue weighted by atomic mass is 16.2. The summed E-state index contributed by atoms with van der Waals surface area (Å²) in [6.07, 6.45) is 1.46. The SMILES string of the molecule is CC[NH+](CC)Cc1ccccc1CNC(=O)c1cccc(N2CCCC2=O)c1. The van der Waals surface area contributed by atoms with Gasteiger partial charge in [-0.15, -0.1) is 0 Å². The molecule has 2 N–H and O–H groups in total. The number of benzene rings is 2. The van der Waals surface area contributed by atoms with Gasteiger partial charge in [-0.2, -0.15) is 0 Å². The van der Waals surface area contributed by atoms with E-state index in [9.17, 15) is 9.59 Å². The average molecular weight is 381 g/mol. The van der Waals surface area contributed by atoms with Crippen LogP contribution >= 0.6 is 0 Å². The Morgan fingerprint density at radius 3 is 2.50 bits per heavy atom. The Morgan fingerprint density at radius 1 is 1.07 bits per heavy atom. The maximum atomic E-state index is 12.7. The largest absolute Gasteiger partial charge is 0.348 e. The molecule has 2 amide bonds. The lowest BCUT2D eigenvalue weighted by Gasteiger charge is -2.18. The molecule has 1 aliphatic heterocycles. The van der Waals surface area contributed by atoms with Crippen LogP contribution in [0.1, 0.15) is 48.2 Å². The number of nitrogens with one attached hydrogen (secondary N) is 2. The minimum absolute atomic E-state index is 0.113. The summed E-state index contributed by atoms with van der Waals surface area (Å²) in [5.41, 5.74) is 3.82. The van der Waals surface area contributed by atoms with Gasteiger partial charge in [0.25, 0.3) is 5.91 Å². The molecule has 0 saturated carbocycles. The van der Waals surface area contributed by atoms with Crippen LogP contribution in [-0.2, 0) is 17.9 Å². The Morgan fingerprint density at radius 2 is 1.82 bits per heavy atom. The Kier molecular flexibility index (Phi) is 6.82. The van der Waals surface area contributed by atoms with E-state index in [1.54, 1.807) is 11.0 Å². The van der Waals surface area contributed by atoms with Gasteiger partial charge in [-0.05, 0) is 44.0 Å². The minimum atomic E-state index is -0.113. The summed E-state index contributed by atoms with van der Waals surface area (Å²) in [5.74, 6) is 0.0175. The van der Waals surface area contributed by atoms with Crippen LogP contribution in [0.5, 0.6) is 0 Å². The lowest BCUT2D eigenvalue weighted by Crippen LogP contribution is -3.10. The van der Waals surface area contributed by atoms with Crippen molar-refractivity contribution in [2.75, 3.05) is 24.5 Å². The molecule has 148 valence electrons. The molecule has 1 fully saturated rings. The minimum Gasteiger partial charge on any atom is -0.348 e. The van der Waals surface area contributed by atoms with Crippen molar-refractivity contribution in [2.24, 2.45) is 0 Å². The van der Waals surface area contributed by atoms with Gasteiger partial charge in [0.15, 0.2) is 0 Å². The van der Waals surface area contributed by atoms with Gasteiger partial charge >= 0.3 is 0 Å². The van der Waals surface area contributed by atoms with Gasteiger partial charge in [-0.1, -0.05) is 30.3 Å². The van der Waals surface area contributed by atoms with Crippen molar-refractivity contribution in [3.63, 3.8) is 0 Å². The average Bonchev–Trinajstić information content (AvgIpc) is 3.17. The number of carbonyl (C=O) groups is 2. The highest BCUT2D eigenvalue weighted by molar-refractivity contribution is 5.99. The summed E-state index contributed by atoms with van der Waals surface area (Å²) in [6, 6.07) is 15.6. The lowest BCUT2D eigenvalue weighted by molar-refractivity contribution is -0.910. The predicted molar refractivity (Wildman–Crippen MR) is 111 cm³/mol. The molecule has 5 heteroatoms. The molecule has 0 radical (unpaired) electrons. The Bertz CT molecular complexity index is 830. The van der Waals surface area contributed by atoms with E-state index in [0.29, 0.717) is 18.5 Å². The zero-order chi connectivity index (χ0) is 19.9. The fourth-order valence-corrected chi connectivity index (χ4v) is 3.69. The number of nitrogens with zero attached hydrogens (tertiary/aromatic N) is 1. The second kappa shape index (κ2) is 9.51. The van der Waals surface area contributed by atoms with E-state index in [1.807, 2.05) is 24.3 Å². The zero-order valence-electron chi connectivity index (χ0n) is 16.8. The molecule has 3 rings (SSSR count). The molecular weight excluding hydrogens is 350 g/mol. The Labute approximate surface area is 167 Å². The lowest BCUT2D eigenvalue weighted by atomic mass is 10.1. The van der Waals surface area contributed by atoms with E-state index >= 15 is 0 Å². The van der Waals surface area contributed by atoms with Crippen molar-refractivity contribution in [1.29, 1.82) is 0 Å². The van der Waals surface area contributed by atoms with Gasteiger partial charge in [-0.25, -0.2) is 0 Å². The smallest absolute Gasteiger partial charge is 0.251 e. The highest BCUT2D eigenvalue weighted by Crippen LogP contribution is 2.22. The Balaban J connectivity index is 1.67. The van der Waals surface area contributed by atoms with Crippen molar-refractivity contribution in [1.82, 2.24) is 5.32 Å². The van der Waals surface area contributed by atoms with Crippen molar-refractivity contribution < 1.29 is 14.5 Å². The van der Waals surface area contributed by atoms with Crippen molar-refractivity contribution in [2.45, 2.75) is 39.8 Å². The quantitative estimate of drug-likeness (QED) is 0.737. The van der Waals surface area contributed by atoms with E-state index in [1.165, 1.54) is 10.5 Å². The molecule has 5 nitrogen and oxygen atoms in total. The molecule has 1 saturated heterocycles. The van der Waals surface area contributed by atoms with Crippen molar-refractivity contribution >= 4 is 17.5 Å². The number of hydrogen-bond donors (Lipinski definition) is 2. The fraction of sp³-hybridized carbons (Fsp3) is 0.391. The molecule has 1 aliphatic rings. The van der Waals surface area contributed by atoms with Gasteiger partial charge < -0.3 is 15.1 Å². The molecule has 0 atom stereocenters. The molecular formula is C23H30N3O2+. The van der Waals surface area contributed by atoms with Crippen LogP contribution < -0.4 is 15.1 Å². The van der Waals surface area contributed by atoms with Crippen LogP contribution in [0.4, 0.5) is 5.69 Å². The molecule has 0 bridgehead atoms. The van der Waals surface area contributed by atoms with Crippen LogP contribution in [0.25, 0.3) is 0 Å². The maximum absolute atomic E-state index is 12.7. The number of carbonyl (C=O) groups excluding carboxylic acids is 2. The summed E-state index contributed by atoms with van der Waals surface area (Å²) >= 11 is 0. The molecule has 0 spiro atoms. The van der Waals surface area contributed by atoms with Gasteiger partial charge in [-0.3, -0.25) is 9.59 Å². The monoisotopic (exact) mass is 380 g/mol. The standard InChI is InChI=1S/C23H29N3O2/c1-3-25(4-2)17-20-10-6-5-9-19(20)16-24-23(28)18-11-7-12-21(15-18)26-14-8-13-22(26)27/h5-7,9-12,15H,3-4,8,13-14,16-17H2,1-2H3,(H,24,28)/p+1. The van der Waals surface area contributed by atoms with Gasteiger partial charge in [0.05, 0.1) is 13.1 Å². The normalized spacial score (nSPS) is 14.0. The second-order valence-corrected chi connectivity index (χ2v) is 7.28. The summed E-state index contributed by atoms with van der Waals surface area (Å²) in [6.45, 7) is 8.75. The number of hydrogen-bond acceptors (Lipinski definition) is 2. The Hall–Kier alpha value is -2.66. The van der Waals surface area contributed by atoms with E-state index in [2.05, 4.69) is 37.4 Å². The molecule has 0 aliphatic carbocycles. The third-order valence-electron chi connectivity index (χ3n) is 5.49.